The van der Waals surface area contributed by atoms with Crippen LogP contribution in [0, 0.1) is 0 Å². The second kappa shape index (κ2) is 8.55. The topological polar surface area (TPSA) is 88.5 Å². The van der Waals surface area contributed by atoms with E-state index in [9.17, 15) is 9.59 Å². The van der Waals surface area contributed by atoms with Crippen LogP contribution in [0.4, 0.5) is 5.69 Å². The zero-order valence-corrected chi connectivity index (χ0v) is 17.9. The van der Waals surface area contributed by atoms with Crippen LogP contribution in [0.2, 0.25) is 5.02 Å². The molecule has 2 aromatic heterocycles. The van der Waals surface area contributed by atoms with Crippen molar-refractivity contribution in [1.29, 1.82) is 0 Å². The Hall–Kier alpha value is -3.52. The summed E-state index contributed by atoms with van der Waals surface area (Å²) >= 11 is 6.11. The number of hydrogen-bond acceptors (Lipinski definition) is 6. The zero-order chi connectivity index (χ0) is 22.1. The molecule has 0 radical (unpaired) electrons. The molecule has 0 spiro atoms. The van der Waals surface area contributed by atoms with Crippen molar-refractivity contribution in [3.63, 3.8) is 0 Å². The first-order valence-electron chi connectivity index (χ1n) is 10.4. The lowest BCUT2D eigenvalue weighted by molar-refractivity contribution is -0.132. The molecule has 3 aromatic rings. The fourth-order valence-corrected chi connectivity index (χ4v) is 4.29. The van der Waals surface area contributed by atoms with Crippen LogP contribution < -0.4 is 9.64 Å². The smallest absolute Gasteiger partial charge is 0.265 e. The Kier molecular flexibility index (Phi) is 5.45. The standard InChI is InChI=1S/C23H20ClN5O3/c24-15-6-7-20-19(12-15)29(22(31)14-32-20)13-21(30)28-11-3-5-18(28)16-8-10-26-23(27-16)17-4-1-2-9-25-17/h1-2,4,6-10,12,18H,3,5,11,13-14H2/t18-/m0/s1. The highest BCUT2D eigenvalue weighted by atomic mass is 35.5. The minimum atomic E-state index is -0.275. The summed E-state index contributed by atoms with van der Waals surface area (Å²) in [6.07, 6.45) is 5.04. The molecule has 4 heterocycles. The van der Waals surface area contributed by atoms with Gasteiger partial charge >= 0.3 is 0 Å². The van der Waals surface area contributed by atoms with Gasteiger partial charge in [-0.3, -0.25) is 19.5 Å². The molecule has 0 aliphatic carbocycles. The highest BCUT2D eigenvalue weighted by Gasteiger charge is 2.35. The molecule has 1 aromatic carbocycles. The fraction of sp³-hybridized carbons (Fsp3) is 0.261. The minimum Gasteiger partial charge on any atom is -0.482 e. The Balaban J connectivity index is 1.38. The van der Waals surface area contributed by atoms with E-state index >= 15 is 0 Å². The summed E-state index contributed by atoms with van der Waals surface area (Å²) in [5, 5.41) is 0.474. The maximum Gasteiger partial charge on any atom is 0.265 e. The van der Waals surface area contributed by atoms with Crippen molar-refractivity contribution in [2.75, 3.05) is 24.6 Å². The van der Waals surface area contributed by atoms with Gasteiger partial charge in [0.05, 0.1) is 17.4 Å². The first-order chi connectivity index (χ1) is 15.6. The van der Waals surface area contributed by atoms with E-state index in [-0.39, 0.29) is 31.0 Å². The number of hydrogen-bond donors (Lipinski definition) is 0. The van der Waals surface area contributed by atoms with Crippen LogP contribution in [0.3, 0.4) is 0 Å². The van der Waals surface area contributed by atoms with E-state index in [0.717, 1.165) is 18.5 Å². The molecule has 1 atom stereocenters. The van der Waals surface area contributed by atoms with Crippen LogP contribution in [-0.4, -0.2) is 51.4 Å². The highest BCUT2D eigenvalue weighted by molar-refractivity contribution is 6.31. The van der Waals surface area contributed by atoms with Gasteiger partial charge in [-0.2, -0.15) is 0 Å². The lowest BCUT2D eigenvalue weighted by atomic mass is 10.1. The third-order valence-corrected chi connectivity index (χ3v) is 5.88. The van der Waals surface area contributed by atoms with Gasteiger partial charge < -0.3 is 9.64 Å². The quantitative estimate of drug-likeness (QED) is 0.607. The van der Waals surface area contributed by atoms with Gasteiger partial charge in [0.2, 0.25) is 5.91 Å². The molecule has 0 N–H and O–H groups in total. The summed E-state index contributed by atoms with van der Waals surface area (Å²) in [5.74, 6) is 0.639. The Morgan fingerprint density at radius 2 is 2.06 bits per heavy atom. The molecule has 0 saturated carbocycles. The second-order valence-corrected chi connectivity index (χ2v) is 8.08. The number of halogens is 1. The first kappa shape index (κ1) is 20.4. The molecular weight excluding hydrogens is 430 g/mol. The predicted octanol–water partition coefficient (Wildman–Crippen LogP) is 3.28. The van der Waals surface area contributed by atoms with Crippen LogP contribution in [0.25, 0.3) is 11.5 Å². The number of carbonyl (C=O) groups is 2. The van der Waals surface area contributed by atoms with Gasteiger partial charge in [-0.05, 0) is 49.2 Å². The largest absolute Gasteiger partial charge is 0.482 e. The van der Waals surface area contributed by atoms with E-state index in [1.54, 1.807) is 35.5 Å². The van der Waals surface area contributed by atoms with Gasteiger partial charge in [-0.1, -0.05) is 17.7 Å². The van der Waals surface area contributed by atoms with E-state index < -0.39 is 0 Å². The Morgan fingerprint density at radius 3 is 2.91 bits per heavy atom. The van der Waals surface area contributed by atoms with Crippen molar-refractivity contribution in [2.24, 2.45) is 0 Å². The number of anilines is 1. The molecule has 1 fully saturated rings. The van der Waals surface area contributed by atoms with E-state index in [1.807, 2.05) is 24.3 Å². The van der Waals surface area contributed by atoms with Gasteiger partial charge in [0.15, 0.2) is 12.4 Å². The van der Waals surface area contributed by atoms with E-state index in [1.165, 1.54) is 4.90 Å². The van der Waals surface area contributed by atoms with Crippen molar-refractivity contribution >= 4 is 29.1 Å². The van der Waals surface area contributed by atoms with Crippen LogP contribution in [0.1, 0.15) is 24.6 Å². The van der Waals surface area contributed by atoms with Crippen LogP contribution in [0.5, 0.6) is 5.75 Å². The van der Waals surface area contributed by atoms with Crippen molar-refractivity contribution in [3.8, 4) is 17.3 Å². The number of ether oxygens (including phenoxy) is 1. The molecule has 5 rings (SSSR count). The zero-order valence-electron chi connectivity index (χ0n) is 17.1. The molecule has 8 nitrogen and oxygen atoms in total. The molecule has 2 amide bonds. The van der Waals surface area contributed by atoms with Crippen molar-refractivity contribution in [1.82, 2.24) is 19.9 Å². The summed E-state index contributed by atoms with van der Waals surface area (Å²) in [6.45, 7) is 0.419. The van der Waals surface area contributed by atoms with Crippen LogP contribution in [-0.2, 0) is 9.59 Å². The minimum absolute atomic E-state index is 0.0791. The Bertz CT molecular complexity index is 1170. The molecule has 9 heteroatoms. The summed E-state index contributed by atoms with van der Waals surface area (Å²) in [5.41, 5.74) is 1.96. The lowest BCUT2D eigenvalue weighted by Gasteiger charge is -2.32. The molecule has 0 bridgehead atoms. The predicted molar refractivity (Wildman–Crippen MR) is 118 cm³/mol. The number of fused-ring (bicyclic) bond motifs is 1. The van der Waals surface area contributed by atoms with Crippen molar-refractivity contribution in [3.05, 3.63) is 65.6 Å². The summed E-state index contributed by atoms with van der Waals surface area (Å²) in [4.78, 5) is 42.4. The van der Waals surface area contributed by atoms with Crippen LogP contribution >= 0.6 is 11.6 Å². The second-order valence-electron chi connectivity index (χ2n) is 7.65. The number of amides is 2. The molecule has 2 aliphatic rings. The van der Waals surface area contributed by atoms with Gasteiger partial charge in [-0.15, -0.1) is 0 Å². The molecule has 2 aliphatic heterocycles. The fourth-order valence-electron chi connectivity index (χ4n) is 4.12. The van der Waals surface area contributed by atoms with Crippen molar-refractivity contribution < 1.29 is 14.3 Å². The normalized spacial score (nSPS) is 17.8. The number of nitrogens with zero attached hydrogens (tertiary/aromatic N) is 5. The highest BCUT2D eigenvalue weighted by Crippen LogP contribution is 2.36. The molecule has 0 unspecified atom stereocenters. The number of carbonyl (C=O) groups excluding carboxylic acids is 2. The third kappa shape index (κ3) is 3.89. The number of pyridine rings is 1. The van der Waals surface area contributed by atoms with Gasteiger partial charge in [0.25, 0.3) is 5.91 Å². The molecule has 162 valence electrons. The Morgan fingerprint density at radius 1 is 1.16 bits per heavy atom. The number of rotatable bonds is 4. The van der Waals surface area contributed by atoms with E-state index in [4.69, 9.17) is 16.3 Å². The molecule has 1 saturated heterocycles. The molecular formula is C23H20ClN5O3. The molecule has 32 heavy (non-hydrogen) atoms. The average Bonchev–Trinajstić information content (AvgIpc) is 3.32. The maximum atomic E-state index is 13.3. The maximum absolute atomic E-state index is 13.3. The summed E-state index contributed by atoms with van der Waals surface area (Å²) < 4.78 is 5.48. The van der Waals surface area contributed by atoms with Crippen LogP contribution in [0.15, 0.2) is 54.9 Å². The van der Waals surface area contributed by atoms with Gasteiger partial charge in [0.1, 0.15) is 18.0 Å². The van der Waals surface area contributed by atoms with Crippen molar-refractivity contribution in [2.45, 2.75) is 18.9 Å². The third-order valence-electron chi connectivity index (χ3n) is 5.64. The van der Waals surface area contributed by atoms with E-state index in [2.05, 4.69) is 15.0 Å². The monoisotopic (exact) mass is 449 g/mol. The van der Waals surface area contributed by atoms with E-state index in [0.29, 0.717) is 34.5 Å². The number of likely N-dealkylation sites (tertiary alicyclic amines) is 1. The van der Waals surface area contributed by atoms with Gasteiger partial charge in [-0.25, -0.2) is 9.97 Å². The van der Waals surface area contributed by atoms with Gasteiger partial charge in [0, 0.05) is 24.0 Å². The number of aromatic nitrogens is 3. The first-order valence-corrected chi connectivity index (χ1v) is 10.7. The summed E-state index contributed by atoms with van der Waals surface area (Å²) in [7, 11) is 0. The Labute approximate surface area is 189 Å². The average molecular weight is 450 g/mol. The SMILES string of the molecule is O=C1COc2ccc(Cl)cc2N1CC(=O)N1CCC[C@H]1c1ccnc(-c2ccccn2)n1. The number of benzene rings is 1. The lowest BCUT2D eigenvalue weighted by Crippen LogP contribution is -2.46. The summed E-state index contributed by atoms with van der Waals surface area (Å²) in [6, 6.07) is 12.3.